The van der Waals surface area contributed by atoms with E-state index in [1.165, 1.54) is 109 Å². The Kier molecular flexibility index (Phi) is 12.5. The van der Waals surface area contributed by atoms with Gasteiger partial charge in [-0.05, 0) is 175 Å². The van der Waals surface area contributed by atoms with E-state index in [0.717, 1.165) is 106 Å². The van der Waals surface area contributed by atoms with Crippen LogP contribution in [0.2, 0.25) is 0 Å². The van der Waals surface area contributed by atoms with Gasteiger partial charge < -0.3 is 27.4 Å². The second-order valence-electron chi connectivity index (χ2n) is 29.0. The van der Waals surface area contributed by atoms with Gasteiger partial charge in [-0.25, -0.2) is 4.98 Å². The number of benzene rings is 16. The maximum absolute atomic E-state index is 5.61. The minimum Gasteiger partial charge on any atom is -0.309 e. The third kappa shape index (κ3) is 8.56. The minimum atomic E-state index is 0.857. The Bertz CT molecular complexity index is 7970. The van der Waals surface area contributed by atoms with Crippen LogP contribution in [0.25, 0.3) is 215 Å². The highest BCUT2D eigenvalue weighted by Gasteiger charge is 2.26. The zero-order chi connectivity index (χ0) is 71.1. The molecule has 0 saturated carbocycles. The molecule has 506 valence electrons. The highest BCUT2D eigenvalue weighted by molar-refractivity contribution is 6.28. The molecule has 0 bridgehead atoms. The zero-order valence-corrected chi connectivity index (χ0v) is 58.9. The van der Waals surface area contributed by atoms with E-state index in [0.29, 0.717) is 0 Å². The van der Waals surface area contributed by atoms with Crippen LogP contribution in [0.1, 0.15) is 0 Å². The number of nitrogens with zero attached hydrogens (tertiary/aromatic N) is 8. The van der Waals surface area contributed by atoms with Crippen LogP contribution in [0, 0.1) is 0 Å². The van der Waals surface area contributed by atoms with Gasteiger partial charge in [0, 0.05) is 115 Å². The summed E-state index contributed by atoms with van der Waals surface area (Å²) < 4.78 is 17.1. The second-order valence-corrected chi connectivity index (χ2v) is 29.0. The van der Waals surface area contributed by atoms with E-state index >= 15 is 0 Å². The Balaban J connectivity index is 0.656. The lowest BCUT2D eigenvalue weighted by molar-refractivity contribution is 1.08. The number of rotatable bonds is 9. The summed E-state index contributed by atoms with van der Waals surface area (Å²) in [5, 5.41) is 16.9. The van der Waals surface area contributed by atoms with E-state index in [-0.39, 0.29) is 0 Å². The van der Waals surface area contributed by atoms with Gasteiger partial charge in [0.15, 0.2) is 0 Å². The fourth-order valence-electron chi connectivity index (χ4n) is 18.7. The van der Waals surface area contributed by atoms with Crippen molar-refractivity contribution in [3.8, 4) is 62.3 Å². The predicted molar refractivity (Wildman–Crippen MR) is 455 cm³/mol. The third-order valence-electron chi connectivity index (χ3n) is 23.3. The molecule has 0 fully saturated rings. The lowest BCUT2D eigenvalue weighted by Crippen LogP contribution is -1.99. The fourth-order valence-corrected chi connectivity index (χ4v) is 18.7. The molecule has 0 aliphatic carbocycles. The van der Waals surface area contributed by atoms with Crippen molar-refractivity contribution < 1.29 is 0 Å². The molecule has 24 rings (SSSR count). The first-order chi connectivity index (χ1) is 54.1. The molecule has 0 amide bonds. The number of hydrogen-bond donors (Lipinski definition) is 0. The van der Waals surface area contributed by atoms with E-state index in [1.807, 2.05) is 0 Å². The Morgan fingerprint density at radius 2 is 0.486 bits per heavy atom. The Labute approximate surface area is 624 Å². The summed E-state index contributed by atoms with van der Waals surface area (Å²) >= 11 is 0. The summed E-state index contributed by atoms with van der Waals surface area (Å²) in [6, 6.07) is 138. The van der Waals surface area contributed by atoms with E-state index in [2.05, 4.69) is 408 Å². The van der Waals surface area contributed by atoms with Gasteiger partial charge in [-0.3, -0.25) is 4.57 Å². The molecule has 24 aromatic rings. The molecule has 8 aromatic heterocycles. The van der Waals surface area contributed by atoms with Crippen molar-refractivity contribution in [3.63, 3.8) is 0 Å². The molecule has 0 radical (unpaired) electrons. The van der Waals surface area contributed by atoms with Crippen LogP contribution in [0.15, 0.2) is 376 Å². The van der Waals surface area contributed by atoms with Gasteiger partial charge in [0.05, 0.1) is 82.9 Å². The maximum atomic E-state index is 5.61. The summed E-state index contributed by atoms with van der Waals surface area (Å²) in [7, 11) is 0. The van der Waals surface area contributed by atoms with Crippen molar-refractivity contribution in [2.24, 2.45) is 0 Å². The average molecular weight is 1390 g/mol. The predicted octanol–water partition coefficient (Wildman–Crippen LogP) is 26.1. The zero-order valence-electron chi connectivity index (χ0n) is 58.9. The molecule has 109 heavy (non-hydrogen) atoms. The number of para-hydroxylation sites is 9. The Hall–Kier alpha value is -14.7. The standard InChI is InChI=1S/C101H62N8/c1-4-26-66(27-5-1)103-85-39-16-12-34-74(85)82-60-69(48-54-92(82)103)106-91-53-46-64(59-81(91)76-50-47-71(62-96(76)106)105-90-44-21-15-37-80(90)99-95(105)57-52-77-72-32-10-17-40-86(72)107(100(77)99)68-30-8-3-9-31-68)63-24-22-25-65(58-63)84-38-23-45-97(102-84)109-88-42-19-13-35-75(88)83-61-70(49-55-93(83)109)108-87-41-18-11-33-73(87)78-51-56-94-98(101(78)108)79-36-14-20-43-89(79)104(94)67-28-6-2-7-29-67/h1-62H. The first-order valence-corrected chi connectivity index (χ1v) is 37.4. The molecule has 16 aromatic carbocycles. The molecule has 0 aliphatic heterocycles. The van der Waals surface area contributed by atoms with Gasteiger partial charge in [0.25, 0.3) is 0 Å². The van der Waals surface area contributed by atoms with Crippen LogP contribution in [0.4, 0.5) is 0 Å². The minimum absolute atomic E-state index is 0.857. The SMILES string of the molecule is c1ccc(-n2c3ccccc3c3cc(-n4c5ccc(-c6cccc(-c7cccc(-n8c9ccccc9c9cc(-n%10c%11ccccc%11c%11ccc%12c(c%13ccccc%13n%12-c%12ccccc%12)c%11%10)ccc98)n7)c6)cc5c5ccc(-n6c7ccccc7c7c6ccc6c8ccccc8n(-c8ccccc8)c67)cc54)ccc32)cc1. The van der Waals surface area contributed by atoms with Crippen molar-refractivity contribution in [1.29, 1.82) is 0 Å². The summed E-state index contributed by atoms with van der Waals surface area (Å²) in [6.45, 7) is 0. The largest absolute Gasteiger partial charge is 0.309 e. The van der Waals surface area contributed by atoms with Gasteiger partial charge in [-0.15, -0.1) is 0 Å². The monoisotopic (exact) mass is 1390 g/mol. The van der Waals surface area contributed by atoms with E-state index < -0.39 is 0 Å². The third-order valence-corrected chi connectivity index (χ3v) is 23.3. The molecular formula is C101H62N8. The summed E-state index contributed by atoms with van der Waals surface area (Å²) in [6.07, 6.45) is 0. The van der Waals surface area contributed by atoms with E-state index in [1.54, 1.807) is 0 Å². The van der Waals surface area contributed by atoms with Crippen molar-refractivity contribution in [2.75, 3.05) is 0 Å². The first kappa shape index (κ1) is 59.6. The normalized spacial score (nSPS) is 12.2. The molecule has 0 atom stereocenters. The average Bonchev–Trinajstić information content (AvgIpc) is 1.55. The van der Waals surface area contributed by atoms with E-state index in [9.17, 15) is 0 Å². The molecule has 0 aliphatic rings. The van der Waals surface area contributed by atoms with E-state index in [4.69, 9.17) is 4.98 Å². The number of hydrogen-bond acceptors (Lipinski definition) is 1. The lowest BCUT2D eigenvalue weighted by atomic mass is 9.99. The summed E-state index contributed by atoms with van der Waals surface area (Å²) in [5.74, 6) is 0.857. The maximum Gasteiger partial charge on any atom is 0.138 e. The topological polar surface area (TPSA) is 47.4 Å². The van der Waals surface area contributed by atoms with Crippen LogP contribution >= 0.6 is 0 Å². The fraction of sp³-hybridized carbons (Fsp3) is 0. The van der Waals surface area contributed by atoms with Gasteiger partial charge in [-0.2, -0.15) is 0 Å². The molecular weight excluding hydrogens is 1330 g/mol. The first-order valence-electron chi connectivity index (χ1n) is 37.4. The molecule has 0 N–H and O–H groups in total. The highest BCUT2D eigenvalue weighted by atomic mass is 15.1. The van der Waals surface area contributed by atoms with Gasteiger partial charge in [0.1, 0.15) is 5.82 Å². The van der Waals surface area contributed by atoms with Crippen LogP contribution in [0.3, 0.4) is 0 Å². The van der Waals surface area contributed by atoms with Gasteiger partial charge >= 0.3 is 0 Å². The molecule has 0 unspecified atom stereocenters. The number of pyridine rings is 1. The van der Waals surface area contributed by atoms with Crippen molar-refractivity contribution in [3.05, 3.63) is 376 Å². The lowest BCUT2D eigenvalue weighted by Gasteiger charge is -2.13. The van der Waals surface area contributed by atoms with Crippen LogP contribution < -0.4 is 0 Å². The Morgan fingerprint density at radius 3 is 1.05 bits per heavy atom. The van der Waals surface area contributed by atoms with Gasteiger partial charge in [0.2, 0.25) is 0 Å². The smallest absolute Gasteiger partial charge is 0.138 e. The number of fused-ring (bicyclic) bond motifs is 23. The van der Waals surface area contributed by atoms with Crippen molar-refractivity contribution in [2.45, 2.75) is 0 Å². The van der Waals surface area contributed by atoms with Crippen LogP contribution in [0.5, 0.6) is 0 Å². The molecule has 0 spiro atoms. The molecule has 0 saturated heterocycles. The second kappa shape index (κ2) is 22.9. The Morgan fingerprint density at radius 1 is 0.156 bits per heavy atom. The highest BCUT2D eigenvalue weighted by Crippen LogP contribution is 2.47. The van der Waals surface area contributed by atoms with Crippen LogP contribution in [-0.2, 0) is 0 Å². The van der Waals surface area contributed by atoms with Crippen molar-refractivity contribution in [1.82, 2.24) is 37.0 Å². The van der Waals surface area contributed by atoms with Gasteiger partial charge in [-0.1, -0.05) is 212 Å². The number of aromatic nitrogens is 8. The van der Waals surface area contributed by atoms with Crippen LogP contribution in [-0.4, -0.2) is 37.0 Å². The molecule has 8 nitrogen and oxygen atoms in total. The summed E-state index contributed by atoms with van der Waals surface area (Å²) in [4.78, 5) is 5.61. The van der Waals surface area contributed by atoms with Crippen molar-refractivity contribution >= 4 is 153 Å². The molecule has 8 heterocycles. The molecule has 8 heteroatoms. The summed E-state index contributed by atoms with van der Waals surface area (Å²) in [5.41, 5.74) is 27.1. The quantitative estimate of drug-likeness (QED) is 0.142.